The average Bonchev–Trinajstić information content (AvgIpc) is 3.39. The number of benzene rings is 2. The van der Waals surface area contributed by atoms with E-state index in [2.05, 4.69) is 28.1 Å². The van der Waals surface area contributed by atoms with Gasteiger partial charge in [-0.15, -0.1) is 0 Å². The molecule has 0 saturated heterocycles. The molecule has 0 aromatic heterocycles. The molecule has 1 aliphatic carbocycles. The van der Waals surface area contributed by atoms with Gasteiger partial charge in [-0.3, -0.25) is 4.79 Å². The Labute approximate surface area is 147 Å². The van der Waals surface area contributed by atoms with E-state index in [1.807, 2.05) is 49.4 Å². The van der Waals surface area contributed by atoms with Crippen LogP contribution in [0, 0.1) is 6.92 Å². The first-order valence-corrected chi connectivity index (χ1v) is 8.53. The fraction of sp³-hybridized carbons (Fsp3) is 0.300. The number of hydrogen-bond donors (Lipinski definition) is 3. The Kier molecular flexibility index (Phi) is 5.33. The molecule has 1 fully saturated rings. The molecule has 0 unspecified atom stereocenters. The summed E-state index contributed by atoms with van der Waals surface area (Å²) in [7, 11) is 0. The number of urea groups is 1. The first-order chi connectivity index (χ1) is 12.1. The smallest absolute Gasteiger partial charge is 0.315 e. The van der Waals surface area contributed by atoms with Crippen LogP contribution in [0.15, 0.2) is 54.6 Å². The van der Waals surface area contributed by atoms with Gasteiger partial charge in [-0.1, -0.05) is 60.2 Å². The molecule has 0 radical (unpaired) electrons. The van der Waals surface area contributed by atoms with E-state index in [9.17, 15) is 9.59 Å². The monoisotopic (exact) mass is 337 g/mol. The maximum absolute atomic E-state index is 11.9. The van der Waals surface area contributed by atoms with Crippen LogP contribution in [0.2, 0.25) is 0 Å². The standard InChI is InChI=1S/C20H23N3O2/c1-14-7-9-15(10-8-14)12-21-20(25)22-13-19(24)23-18-11-17(18)16-5-3-2-4-6-16/h2-10,17-18H,11-13H2,1H3,(H,23,24)(H2,21,22,25)/t17-,18+/m1/s1. The minimum atomic E-state index is -0.342. The number of carbonyl (C=O) groups excluding carboxylic acids is 2. The van der Waals surface area contributed by atoms with Crippen LogP contribution in [0.1, 0.15) is 29.0 Å². The fourth-order valence-corrected chi connectivity index (χ4v) is 2.79. The molecule has 0 heterocycles. The van der Waals surface area contributed by atoms with E-state index in [1.165, 1.54) is 11.1 Å². The average molecular weight is 337 g/mol. The van der Waals surface area contributed by atoms with Crippen molar-refractivity contribution in [3.8, 4) is 0 Å². The quantitative estimate of drug-likeness (QED) is 0.758. The number of carbonyl (C=O) groups is 2. The molecule has 0 bridgehead atoms. The molecule has 1 aliphatic rings. The van der Waals surface area contributed by atoms with Gasteiger partial charge in [0.1, 0.15) is 0 Å². The Morgan fingerprint density at radius 2 is 1.72 bits per heavy atom. The zero-order valence-electron chi connectivity index (χ0n) is 14.3. The van der Waals surface area contributed by atoms with Crippen molar-refractivity contribution in [2.45, 2.75) is 31.8 Å². The first kappa shape index (κ1) is 17.0. The van der Waals surface area contributed by atoms with E-state index in [0.717, 1.165) is 12.0 Å². The van der Waals surface area contributed by atoms with Crippen LogP contribution in [-0.2, 0) is 11.3 Å². The third-order valence-corrected chi connectivity index (χ3v) is 4.35. The summed E-state index contributed by atoms with van der Waals surface area (Å²) in [4.78, 5) is 23.7. The van der Waals surface area contributed by atoms with Crippen LogP contribution in [0.3, 0.4) is 0 Å². The maximum Gasteiger partial charge on any atom is 0.315 e. The van der Waals surface area contributed by atoms with Gasteiger partial charge in [-0.2, -0.15) is 0 Å². The van der Waals surface area contributed by atoms with Gasteiger partial charge < -0.3 is 16.0 Å². The minimum absolute atomic E-state index is 0.0161. The zero-order valence-corrected chi connectivity index (χ0v) is 14.3. The fourth-order valence-electron chi connectivity index (χ4n) is 2.79. The summed E-state index contributed by atoms with van der Waals surface area (Å²) < 4.78 is 0. The number of hydrogen-bond acceptors (Lipinski definition) is 2. The Morgan fingerprint density at radius 1 is 1.00 bits per heavy atom. The minimum Gasteiger partial charge on any atom is -0.351 e. The highest BCUT2D eigenvalue weighted by Gasteiger charge is 2.39. The van der Waals surface area contributed by atoms with Crippen LogP contribution in [-0.4, -0.2) is 24.5 Å². The molecule has 2 aromatic rings. The molecule has 5 heteroatoms. The second-order valence-electron chi connectivity index (χ2n) is 6.45. The third kappa shape index (κ3) is 5.08. The Morgan fingerprint density at radius 3 is 2.44 bits per heavy atom. The molecule has 3 rings (SSSR count). The van der Waals surface area contributed by atoms with E-state index < -0.39 is 0 Å². The molecule has 3 N–H and O–H groups in total. The second-order valence-corrected chi connectivity index (χ2v) is 6.45. The van der Waals surface area contributed by atoms with Crippen molar-refractivity contribution in [3.63, 3.8) is 0 Å². The van der Waals surface area contributed by atoms with Gasteiger partial charge in [-0.05, 0) is 24.5 Å². The summed E-state index contributed by atoms with van der Waals surface area (Å²) in [5, 5.41) is 8.29. The summed E-state index contributed by atoms with van der Waals surface area (Å²) in [5.74, 6) is 0.231. The summed E-state index contributed by atoms with van der Waals surface area (Å²) in [5.41, 5.74) is 3.45. The van der Waals surface area contributed by atoms with Gasteiger partial charge in [0, 0.05) is 18.5 Å². The van der Waals surface area contributed by atoms with E-state index in [4.69, 9.17) is 0 Å². The topological polar surface area (TPSA) is 70.2 Å². The molecule has 2 aromatic carbocycles. The number of rotatable bonds is 6. The van der Waals surface area contributed by atoms with E-state index in [1.54, 1.807) is 0 Å². The van der Waals surface area contributed by atoms with Crippen molar-refractivity contribution in [2.75, 3.05) is 6.54 Å². The molecule has 5 nitrogen and oxygen atoms in total. The number of aryl methyl sites for hydroxylation is 1. The largest absolute Gasteiger partial charge is 0.351 e. The Hall–Kier alpha value is -2.82. The van der Waals surface area contributed by atoms with Crippen LogP contribution >= 0.6 is 0 Å². The van der Waals surface area contributed by atoms with E-state index in [-0.39, 0.29) is 24.5 Å². The predicted octanol–water partition coefficient (Wildman–Crippen LogP) is 2.47. The lowest BCUT2D eigenvalue weighted by molar-refractivity contribution is -0.120. The van der Waals surface area contributed by atoms with Crippen molar-refractivity contribution in [2.24, 2.45) is 0 Å². The van der Waals surface area contributed by atoms with E-state index in [0.29, 0.717) is 12.5 Å². The molecule has 1 saturated carbocycles. The van der Waals surface area contributed by atoms with Gasteiger partial charge in [0.05, 0.1) is 6.54 Å². The summed E-state index contributed by atoms with van der Waals surface area (Å²) in [6.07, 6.45) is 0.954. The van der Waals surface area contributed by atoms with Gasteiger partial charge in [0.2, 0.25) is 5.91 Å². The molecule has 25 heavy (non-hydrogen) atoms. The highest BCUT2D eigenvalue weighted by atomic mass is 16.2. The molecular formula is C20H23N3O2. The molecule has 0 spiro atoms. The van der Waals surface area contributed by atoms with Gasteiger partial charge in [-0.25, -0.2) is 4.79 Å². The zero-order chi connectivity index (χ0) is 17.6. The maximum atomic E-state index is 11.9. The lowest BCUT2D eigenvalue weighted by Gasteiger charge is -2.09. The number of nitrogens with one attached hydrogen (secondary N) is 3. The predicted molar refractivity (Wildman–Crippen MR) is 97.1 cm³/mol. The van der Waals surface area contributed by atoms with E-state index >= 15 is 0 Å². The van der Waals surface area contributed by atoms with Gasteiger partial charge >= 0.3 is 6.03 Å². The SMILES string of the molecule is Cc1ccc(CNC(=O)NCC(=O)N[C@H]2C[C@@H]2c2ccccc2)cc1. The lowest BCUT2D eigenvalue weighted by atomic mass is 10.1. The third-order valence-electron chi connectivity index (χ3n) is 4.35. The highest BCUT2D eigenvalue weighted by Crippen LogP contribution is 2.40. The van der Waals surface area contributed by atoms with Crippen LogP contribution in [0.4, 0.5) is 4.79 Å². The molecule has 130 valence electrons. The van der Waals surface area contributed by atoms with Crippen molar-refractivity contribution in [1.29, 1.82) is 0 Å². The van der Waals surface area contributed by atoms with Gasteiger partial charge in [0.15, 0.2) is 0 Å². The van der Waals surface area contributed by atoms with Crippen LogP contribution in [0.5, 0.6) is 0 Å². The van der Waals surface area contributed by atoms with Crippen molar-refractivity contribution >= 4 is 11.9 Å². The number of amides is 3. The first-order valence-electron chi connectivity index (χ1n) is 8.53. The molecule has 2 atom stereocenters. The van der Waals surface area contributed by atoms with Crippen LogP contribution in [0.25, 0.3) is 0 Å². The van der Waals surface area contributed by atoms with Crippen molar-refractivity contribution in [1.82, 2.24) is 16.0 Å². The Balaban J connectivity index is 1.34. The summed E-state index contributed by atoms with van der Waals surface area (Å²) >= 11 is 0. The highest BCUT2D eigenvalue weighted by molar-refractivity contribution is 5.84. The molecular weight excluding hydrogens is 314 g/mol. The summed E-state index contributed by atoms with van der Waals surface area (Å²) in [6.45, 7) is 2.44. The lowest BCUT2D eigenvalue weighted by Crippen LogP contribution is -2.42. The van der Waals surface area contributed by atoms with Gasteiger partial charge in [0.25, 0.3) is 0 Å². The summed E-state index contributed by atoms with van der Waals surface area (Å²) in [6, 6.07) is 17.9. The molecule has 0 aliphatic heterocycles. The van der Waals surface area contributed by atoms with Crippen LogP contribution < -0.4 is 16.0 Å². The van der Waals surface area contributed by atoms with Crippen molar-refractivity contribution in [3.05, 3.63) is 71.3 Å². The normalized spacial score (nSPS) is 18.3. The van der Waals surface area contributed by atoms with Crippen molar-refractivity contribution < 1.29 is 9.59 Å². The second kappa shape index (κ2) is 7.83. The Bertz CT molecular complexity index is 728. The molecule has 3 amide bonds.